The van der Waals surface area contributed by atoms with Crippen molar-refractivity contribution in [3.8, 4) is 11.5 Å². The summed E-state index contributed by atoms with van der Waals surface area (Å²) in [5.41, 5.74) is 0.0168. The van der Waals surface area contributed by atoms with Crippen LogP contribution in [-0.4, -0.2) is 52.6 Å². The summed E-state index contributed by atoms with van der Waals surface area (Å²) in [5, 5.41) is 0. The molecule has 8 heteroatoms. The second-order valence-electron chi connectivity index (χ2n) is 7.62. The first-order chi connectivity index (χ1) is 14.9. The fraction of sp³-hybridized carbons (Fsp3) is 0.435. The quantitative estimate of drug-likeness (QED) is 0.578. The van der Waals surface area contributed by atoms with Crippen LogP contribution in [0.2, 0.25) is 0 Å². The minimum absolute atomic E-state index is 0.0220. The molecule has 0 radical (unpaired) electrons. The number of methoxy groups -OCH3 is 2. The molecule has 31 heavy (non-hydrogen) atoms. The van der Waals surface area contributed by atoms with Gasteiger partial charge in [-0.2, -0.15) is 4.31 Å². The lowest BCUT2D eigenvalue weighted by atomic mass is 9.75. The van der Waals surface area contributed by atoms with Gasteiger partial charge in [0.15, 0.2) is 0 Å². The molecule has 0 N–H and O–H groups in total. The van der Waals surface area contributed by atoms with Gasteiger partial charge in [-0.05, 0) is 43.9 Å². The molecule has 1 atom stereocenters. The summed E-state index contributed by atoms with van der Waals surface area (Å²) in [6.07, 6.45) is 1.52. The molecule has 1 saturated heterocycles. The molecule has 0 amide bonds. The Labute approximate surface area is 184 Å². The van der Waals surface area contributed by atoms with Crippen LogP contribution in [0.3, 0.4) is 0 Å². The average Bonchev–Trinajstić information content (AvgIpc) is 2.79. The fourth-order valence-corrected chi connectivity index (χ4v) is 5.81. The minimum Gasteiger partial charge on any atom is -0.497 e. The third-order valence-corrected chi connectivity index (χ3v) is 7.49. The summed E-state index contributed by atoms with van der Waals surface area (Å²) in [5.74, 6) is 0.282. The lowest BCUT2D eigenvalue weighted by molar-refractivity contribution is -0.157. The maximum atomic E-state index is 13.6. The Balaban J connectivity index is 2.00. The monoisotopic (exact) mass is 447 g/mol. The van der Waals surface area contributed by atoms with Crippen LogP contribution in [0.5, 0.6) is 11.5 Å². The first-order valence-electron chi connectivity index (χ1n) is 10.3. The Hall–Kier alpha value is -2.58. The standard InChI is InChI=1S/C23H29NO6S/c1-4-30-22(25)23(16-18-9-6-5-7-10-18)13-8-14-24(17-23)31(26,27)21-15-19(28-2)11-12-20(21)29-3/h5-7,9-12,15H,4,8,13-14,16-17H2,1-3H3. The van der Waals surface area contributed by atoms with E-state index < -0.39 is 15.4 Å². The van der Waals surface area contributed by atoms with E-state index in [0.717, 1.165) is 5.56 Å². The highest BCUT2D eigenvalue weighted by Gasteiger charge is 2.47. The highest BCUT2D eigenvalue weighted by molar-refractivity contribution is 7.89. The largest absolute Gasteiger partial charge is 0.497 e. The summed E-state index contributed by atoms with van der Waals surface area (Å²) in [6, 6.07) is 14.3. The van der Waals surface area contributed by atoms with Crippen molar-refractivity contribution in [3.05, 3.63) is 54.1 Å². The van der Waals surface area contributed by atoms with E-state index in [0.29, 0.717) is 31.6 Å². The van der Waals surface area contributed by atoms with E-state index in [1.807, 2.05) is 30.3 Å². The summed E-state index contributed by atoms with van der Waals surface area (Å²) >= 11 is 0. The van der Waals surface area contributed by atoms with Gasteiger partial charge in [-0.25, -0.2) is 8.42 Å². The number of ether oxygens (including phenoxy) is 3. The Bertz CT molecular complexity index is 1010. The number of benzene rings is 2. The number of carbonyl (C=O) groups excluding carboxylic acids is 1. The highest BCUT2D eigenvalue weighted by atomic mass is 32.2. The van der Waals surface area contributed by atoms with Gasteiger partial charge in [0.1, 0.15) is 16.4 Å². The number of carbonyl (C=O) groups is 1. The maximum absolute atomic E-state index is 13.6. The van der Waals surface area contributed by atoms with Gasteiger partial charge >= 0.3 is 5.97 Å². The zero-order valence-electron chi connectivity index (χ0n) is 18.2. The molecule has 0 spiro atoms. The molecule has 1 heterocycles. The van der Waals surface area contributed by atoms with Crippen molar-refractivity contribution in [2.75, 3.05) is 33.9 Å². The molecular weight excluding hydrogens is 418 g/mol. The number of hydrogen-bond acceptors (Lipinski definition) is 6. The fourth-order valence-electron chi connectivity index (χ4n) is 4.07. The van der Waals surface area contributed by atoms with Crippen LogP contribution in [0.25, 0.3) is 0 Å². The first-order valence-corrected chi connectivity index (χ1v) is 11.7. The Kier molecular flexibility index (Phi) is 7.23. The molecule has 1 aliphatic rings. The summed E-state index contributed by atoms with van der Waals surface area (Å²) < 4.78 is 44.5. The zero-order chi connectivity index (χ0) is 22.5. The molecule has 0 aliphatic carbocycles. The van der Waals surface area contributed by atoms with Crippen molar-refractivity contribution in [3.63, 3.8) is 0 Å². The van der Waals surface area contributed by atoms with Crippen molar-refractivity contribution < 1.29 is 27.4 Å². The second-order valence-corrected chi connectivity index (χ2v) is 9.53. The van der Waals surface area contributed by atoms with Crippen LogP contribution in [-0.2, 0) is 26.0 Å². The van der Waals surface area contributed by atoms with Gasteiger partial charge < -0.3 is 14.2 Å². The van der Waals surface area contributed by atoms with Crippen LogP contribution in [0.4, 0.5) is 0 Å². The molecule has 0 bridgehead atoms. The summed E-state index contributed by atoms with van der Waals surface area (Å²) in [4.78, 5) is 13.1. The van der Waals surface area contributed by atoms with Crippen LogP contribution < -0.4 is 9.47 Å². The average molecular weight is 448 g/mol. The zero-order valence-corrected chi connectivity index (χ0v) is 19.0. The molecule has 0 saturated carbocycles. The summed E-state index contributed by atoms with van der Waals surface area (Å²) in [7, 11) is -1.03. The van der Waals surface area contributed by atoms with Gasteiger partial charge in [0, 0.05) is 19.2 Å². The molecule has 3 rings (SSSR count). The van der Waals surface area contributed by atoms with Gasteiger partial charge in [-0.3, -0.25) is 4.79 Å². The number of rotatable bonds is 8. The smallest absolute Gasteiger partial charge is 0.313 e. The van der Waals surface area contributed by atoms with Crippen LogP contribution in [0.15, 0.2) is 53.4 Å². The van der Waals surface area contributed by atoms with Crippen molar-refractivity contribution in [1.29, 1.82) is 0 Å². The topological polar surface area (TPSA) is 82.1 Å². The maximum Gasteiger partial charge on any atom is 0.313 e. The van der Waals surface area contributed by atoms with Crippen LogP contribution in [0.1, 0.15) is 25.3 Å². The molecule has 168 valence electrons. The van der Waals surface area contributed by atoms with E-state index in [4.69, 9.17) is 14.2 Å². The van der Waals surface area contributed by atoms with Gasteiger partial charge in [0.2, 0.25) is 10.0 Å². The minimum atomic E-state index is -3.93. The Morgan fingerprint density at radius 2 is 1.84 bits per heavy atom. The van der Waals surface area contributed by atoms with Gasteiger partial charge in [0.05, 0.1) is 26.2 Å². The molecule has 1 aliphatic heterocycles. The predicted molar refractivity (Wildman–Crippen MR) is 117 cm³/mol. The third-order valence-electron chi connectivity index (χ3n) is 5.62. The van der Waals surface area contributed by atoms with Crippen molar-refractivity contribution in [1.82, 2.24) is 4.31 Å². The first kappa shape index (κ1) is 23.1. The van der Waals surface area contributed by atoms with E-state index in [-0.39, 0.29) is 29.8 Å². The van der Waals surface area contributed by atoms with Gasteiger partial charge in [0.25, 0.3) is 0 Å². The van der Waals surface area contributed by atoms with Gasteiger partial charge in [-0.1, -0.05) is 30.3 Å². The molecule has 7 nitrogen and oxygen atoms in total. The predicted octanol–water partition coefficient (Wildman–Crippen LogP) is 3.28. The Morgan fingerprint density at radius 3 is 2.48 bits per heavy atom. The van der Waals surface area contributed by atoms with Crippen molar-refractivity contribution in [2.45, 2.75) is 31.1 Å². The third kappa shape index (κ3) is 4.85. The molecular formula is C23H29NO6S. The number of nitrogens with zero attached hydrogens (tertiary/aromatic N) is 1. The number of hydrogen-bond donors (Lipinski definition) is 0. The van der Waals surface area contributed by atoms with Crippen molar-refractivity contribution in [2.24, 2.45) is 5.41 Å². The molecule has 2 aromatic carbocycles. The molecule has 0 aromatic heterocycles. The van der Waals surface area contributed by atoms with E-state index in [1.54, 1.807) is 19.1 Å². The number of sulfonamides is 1. The summed E-state index contributed by atoms with van der Waals surface area (Å²) in [6.45, 7) is 2.36. The lowest BCUT2D eigenvalue weighted by Crippen LogP contribution is -2.51. The van der Waals surface area contributed by atoms with Crippen LogP contribution in [0, 0.1) is 5.41 Å². The molecule has 1 fully saturated rings. The normalized spacial score (nSPS) is 19.6. The van der Waals surface area contributed by atoms with Crippen LogP contribution >= 0.6 is 0 Å². The molecule has 2 aromatic rings. The highest BCUT2D eigenvalue weighted by Crippen LogP contribution is 2.39. The Morgan fingerprint density at radius 1 is 1.10 bits per heavy atom. The number of esters is 1. The van der Waals surface area contributed by atoms with Gasteiger partial charge in [-0.15, -0.1) is 0 Å². The van der Waals surface area contributed by atoms with E-state index in [1.165, 1.54) is 24.6 Å². The van der Waals surface area contributed by atoms with E-state index >= 15 is 0 Å². The lowest BCUT2D eigenvalue weighted by Gasteiger charge is -2.40. The second kappa shape index (κ2) is 9.70. The van der Waals surface area contributed by atoms with E-state index in [2.05, 4.69) is 0 Å². The SMILES string of the molecule is CCOC(=O)C1(Cc2ccccc2)CCCN(S(=O)(=O)c2cc(OC)ccc2OC)C1. The molecule has 1 unspecified atom stereocenters. The van der Waals surface area contributed by atoms with Crippen molar-refractivity contribution >= 4 is 16.0 Å². The number of piperidine rings is 1. The van der Waals surface area contributed by atoms with E-state index in [9.17, 15) is 13.2 Å².